The van der Waals surface area contributed by atoms with Crippen molar-refractivity contribution in [2.45, 2.75) is 18.8 Å². The van der Waals surface area contributed by atoms with Crippen molar-refractivity contribution < 1.29 is 4.92 Å². The van der Waals surface area contributed by atoms with E-state index in [1.54, 1.807) is 6.07 Å². The van der Waals surface area contributed by atoms with Gasteiger partial charge in [0.25, 0.3) is 5.69 Å². The second-order valence-corrected chi connectivity index (χ2v) is 3.85. The molecule has 76 valence electrons. The van der Waals surface area contributed by atoms with E-state index in [1.807, 2.05) is 0 Å². The van der Waals surface area contributed by atoms with Crippen LogP contribution >= 0.6 is 0 Å². The highest BCUT2D eigenvalue weighted by Gasteiger charge is 2.26. The van der Waals surface area contributed by atoms with E-state index in [9.17, 15) is 10.1 Å². The molecule has 2 aromatic rings. The van der Waals surface area contributed by atoms with Gasteiger partial charge in [-0.3, -0.25) is 10.1 Å². The monoisotopic (exact) mass is 203 g/mol. The summed E-state index contributed by atoms with van der Waals surface area (Å²) in [6.45, 7) is 0. The zero-order valence-electron chi connectivity index (χ0n) is 7.93. The molecule has 1 heterocycles. The third-order valence-corrected chi connectivity index (χ3v) is 2.66. The number of imidazole rings is 1. The summed E-state index contributed by atoms with van der Waals surface area (Å²) in [5.41, 5.74) is 1.67. The number of non-ortho nitro benzene ring substituents is 1. The van der Waals surface area contributed by atoms with Gasteiger partial charge in [-0.25, -0.2) is 4.98 Å². The lowest BCUT2D eigenvalue weighted by Gasteiger charge is -1.89. The molecule has 0 radical (unpaired) electrons. The van der Waals surface area contributed by atoms with Crippen molar-refractivity contribution in [3.63, 3.8) is 0 Å². The summed E-state index contributed by atoms with van der Waals surface area (Å²) in [5, 5.41) is 10.6. The fourth-order valence-corrected chi connectivity index (χ4v) is 1.68. The van der Waals surface area contributed by atoms with Crippen LogP contribution in [0.25, 0.3) is 11.0 Å². The number of nitrogens with zero attached hydrogens (tertiary/aromatic N) is 2. The zero-order valence-corrected chi connectivity index (χ0v) is 7.93. The van der Waals surface area contributed by atoms with Crippen LogP contribution in [0.15, 0.2) is 18.2 Å². The average Bonchev–Trinajstić information content (AvgIpc) is 2.97. The molecule has 0 spiro atoms. The minimum absolute atomic E-state index is 0.105. The Kier molecular flexibility index (Phi) is 1.56. The van der Waals surface area contributed by atoms with Crippen molar-refractivity contribution >= 4 is 16.7 Å². The predicted octanol–water partition coefficient (Wildman–Crippen LogP) is 2.35. The smallest absolute Gasteiger partial charge is 0.271 e. The summed E-state index contributed by atoms with van der Waals surface area (Å²) >= 11 is 0. The highest BCUT2D eigenvalue weighted by atomic mass is 16.6. The van der Waals surface area contributed by atoms with Crippen LogP contribution in [0, 0.1) is 10.1 Å². The van der Waals surface area contributed by atoms with E-state index in [2.05, 4.69) is 9.97 Å². The minimum atomic E-state index is -0.392. The van der Waals surface area contributed by atoms with Crippen molar-refractivity contribution in [2.24, 2.45) is 0 Å². The Bertz CT molecular complexity index is 543. The van der Waals surface area contributed by atoms with Gasteiger partial charge >= 0.3 is 0 Å². The third kappa shape index (κ3) is 1.36. The van der Waals surface area contributed by atoms with Gasteiger partial charge < -0.3 is 4.98 Å². The summed E-state index contributed by atoms with van der Waals surface area (Å²) in [6, 6.07) is 4.71. The maximum absolute atomic E-state index is 10.6. The van der Waals surface area contributed by atoms with E-state index in [1.165, 1.54) is 25.0 Å². The molecule has 0 saturated heterocycles. The van der Waals surface area contributed by atoms with E-state index < -0.39 is 4.92 Å². The van der Waals surface area contributed by atoms with Crippen LogP contribution in [0.5, 0.6) is 0 Å². The number of H-pyrrole nitrogens is 1. The lowest BCUT2D eigenvalue weighted by Crippen LogP contribution is -1.86. The summed E-state index contributed by atoms with van der Waals surface area (Å²) in [7, 11) is 0. The van der Waals surface area contributed by atoms with Crippen molar-refractivity contribution in [1.82, 2.24) is 9.97 Å². The first-order valence-corrected chi connectivity index (χ1v) is 4.88. The molecule has 1 saturated carbocycles. The van der Waals surface area contributed by atoms with Crippen molar-refractivity contribution in [2.75, 3.05) is 0 Å². The summed E-state index contributed by atoms with van der Waals surface area (Å²) in [6.07, 6.45) is 2.34. The number of nitro benzene ring substituents is 1. The zero-order chi connectivity index (χ0) is 10.4. The summed E-state index contributed by atoms with van der Waals surface area (Å²) in [4.78, 5) is 17.7. The molecule has 1 aliphatic rings. The van der Waals surface area contributed by atoms with Gasteiger partial charge in [0.2, 0.25) is 0 Å². The number of benzene rings is 1. The fraction of sp³-hybridized carbons (Fsp3) is 0.300. The van der Waals surface area contributed by atoms with Gasteiger partial charge in [0.05, 0.1) is 16.0 Å². The van der Waals surface area contributed by atoms with Gasteiger partial charge in [0, 0.05) is 18.1 Å². The maximum atomic E-state index is 10.6. The lowest BCUT2D eigenvalue weighted by molar-refractivity contribution is -0.384. The first kappa shape index (κ1) is 8.40. The highest BCUT2D eigenvalue weighted by molar-refractivity contribution is 5.77. The molecule has 1 aromatic heterocycles. The molecule has 1 fully saturated rings. The number of nitrogens with one attached hydrogen (secondary N) is 1. The summed E-state index contributed by atoms with van der Waals surface area (Å²) < 4.78 is 0. The lowest BCUT2D eigenvalue weighted by atomic mass is 10.3. The normalized spacial score (nSPS) is 15.7. The van der Waals surface area contributed by atoms with Gasteiger partial charge in [-0.2, -0.15) is 0 Å². The molecular weight excluding hydrogens is 194 g/mol. The number of fused-ring (bicyclic) bond motifs is 1. The second kappa shape index (κ2) is 2.79. The SMILES string of the molecule is O=[N+]([O-])c1ccc2nc(C3CC3)[nH]c2c1. The molecule has 1 aliphatic carbocycles. The van der Waals surface area contributed by atoms with Crippen LogP contribution in [-0.4, -0.2) is 14.9 Å². The van der Waals surface area contributed by atoms with Crippen molar-refractivity contribution in [3.05, 3.63) is 34.1 Å². The number of rotatable bonds is 2. The van der Waals surface area contributed by atoms with E-state index in [4.69, 9.17) is 0 Å². The number of aromatic nitrogens is 2. The van der Waals surface area contributed by atoms with Gasteiger partial charge in [-0.05, 0) is 18.9 Å². The largest absolute Gasteiger partial charge is 0.342 e. The standard InChI is InChI=1S/C10H9N3O2/c14-13(15)7-3-4-8-9(5-7)12-10(11-8)6-1-2-6/h3-6H,1-2H2,(H,11,12). The molecule has 0 atom stereocenters. The van der Waals surface area contributed by atoms with E-state index in [0.717, 1.165) is 16.9 Å². The molecule has 3 rings (SSSR count). The molecule has 1 N–H and O–H groups in total. The van der Waals surface area contributed by atoms with Gasteiger partial charge in [0.1, 0.15) is 5.82 Å². The predicted molar refractivity (Wildman–Crippen MR) is 54.7 cm³/mol. The van der Waals surface area contributed by atoms with Crippen LogP contribution in [0.1, 0.15) is 24.6 Å². The summed E-state index contributed by atoms with van der Waals surface area (Å²) in [5.74, 6) is 1.50. The molecule has 15 heavy (non-hydrogen) atoms. The molecule has 0 unspecified atom stereocenters. The molecule has 0 bridgehead atoms. The number of aromatic amines is 1. The molecule has 5 nitrogen and oxygen atoms in total. The Morgan fingerprint density at radius 1 is 1.47 bits per heavy atom. The minimum Gasteiger partial charge on any atom is -0.342 e. The van der Waals surface area contributed by atoms with Gasteiger partial charge in [-0.15, -0.1) is 0 Å². The van der Waals surface area contributed by atoms with Crippen LogP contribution in [-0.2, 0) is 0 Å². The Hall–Kier alpha value is -1.91. The Morgan fingerprint density at radius 2 is 2.27 bits per heavy atom. The van der Waals surface area contributed by atoms with E-state index >= 15 is 0 Å². The van der Waals surface area contributed by atoms with Crippen LogP contribution in [0.4, 0.5) is 5.69 Å². The fourth-order valence-electron chi connectivity index (χ4n) is 1.68. The van der Waals surface area contributed by atoms with E-state index in [-0.39, 0.29) is 5.69 Å². The number of hydrogen-bond donors (Lipinski definition) is 1. The first-order chi connectivity index (χ1) is 7.24. The Morgan fingerprint density at radius 3 is 2.93 bits per heavy atom. The van der Waals surface area contributed by atoms with Crippen LogP contribution in [0.3, 0.4) is 0 Å². The highest BCUT2D eigenvalue weighted by Crippen LogP contribution is 2.39. The molecule has 5 heteroatoms. The number of nitro groups is 1. The van der Waals surface area contributed by atoms with Gasteiger partial charge in [0.15, 0.2) is 0 Å². The van der Waals surface area contributed by atoms with Crippen LogP contribution in [0.2, 0.25) is 0 Å². The van der Waals surface area contributed by atoms with Crippen molar-refractivity contribution in [1.29, 1.82) is 0 Å². The molecule has 0 aliphatic heterocycles. The first-order valence-electron chi connectivity index (χ1n) is 4.88. The second-order valence-electron chi connectivity index (χ2n) is 3.85. The van der Waals surface area contributed by atoms with Gasteiger partial charge in [-0.1, -0.05) is 0 Å². The topological polar surface area (TPSA) is 71.8 Å². The molecule has 1 aromatic carbocycles. The van der Waals surface area contributed by atoms with Crippen LogP contribution < -0.4 is 0 Å². The average molecular weight is 203 g/mol. The maximum Gasteiger partial charge on any atom is 0.271 e. The molecular formula is C10H9N3O2. The van der Waals surface area contributed by atoms with E-state index in [0.29, 0.717) is 5.92 Å². The molecule has 0 amide bonds. The third-order valence-electron chi connectivity index (χ3n) is 2.66. The quantitative estimate of drug-likeness (QED) is 0.601. The van der Waals surface area contributed by atoms with Crippen molar-refractivity contribution in [3.8, 4) is 0 Å². The Labute approximate surface area is 85.3 Å². The number of hydrogen-bond acceptors (Lipinski definition) is 3. The Balaban J connectivity index is 2.13.